The van der Waals surface area contributed by atoms with Crippen LogP contribution in [0, 0.1) is 11.8 Å². The summed E-state index contributed by atoms with van der Waals surface area (Å²) in [5.74, 6) is 0.999. The van der Waals surface area contributed by atoms with Gasteiger partial charge in [-0.15, -0.1) is 0 Å². The molecule has 1 unspecified atom stereocenters. The zero-order valence-corrected chi connectivity index (χ0v) is 13.0. The molecule has 0 aliphatic heterocycles. The molecule has 2 atom stereocenters. The van der Waals surface area contributed by atoms with Crippen LogP contribution in [-0.2, 0) is 4.79 Å². The molecule has 1 aromatic heterocycles. The van der Waals surface area contributed by atoms with Crippen LogP contribution < -0.4 is 5.73 Å². The second-order valence-electron chi connectivity index (χ2n) is 5.90. The molecular formula is C16H27N3O. The molecule has 20 heavy (non-hydrogen) atoms. The summed E-state index contributed by atoms with van der Waals surface area (Å²) < 4.78 is 0. The largest absolute Gasteiger partial charge is 0.339 e. The predicted molar refractivity (Wildman–Crippen MR) is 82.0 cm³/mol. The molecule has 0 fully saturated rings. The minimum Gasteiger partial charge on any atom is -0.339 e. The molecule has 1 aromatic rings. The first-order valence-corrected chi connectivity index (χ1v) is 7.31. The number of nitrogens with zero attached hydrogens (tertiary/aromatic N) is 2. The van der Waals surface area contributed by atoms with Gasteiger partial charge in [0.2, 0.25) is 5.91 Å². The molecule has 4 nitrogen and oxygen atoms in total. The van der Waals surface area contributed by atoms with Crippen molar-refractivity contribution in [1.29, 1.82) is 0 Å². The highest BCUT2D eigenvalue weighted by Crippen LogP contribution is 2.21. The molecule has 0 bridgehead atoms. The number of carbonyl (C=O) groups is 1. The Hall–Kier alpha value is -1.42. The fourth-order valence-electron chi connectivity index (χ4n) is 2.40. The molecule has 4 heteroatoms. The zero-order valence-electron chi connectivity index (χ0n) is 13.0. The molecule has 2 N–H and O–H groups in total. The number of nitrogens with two attached hydrogens (primary N) is 1. The lowest BCUT2D eigenvalue weighted by Gasteiger charge is -2.27. The van der Waals surface area contributed by atoms with Crippen LogP contribution in [0.5, 0.6) is 0 Å². The van der Waals surface area contributed by atoms with Crippen molar-refractivity contribution in [3.8, 4) is 0 Å². The van der Waals surface area contributed by atoms with Crippen molar-refractivity contribution in [2.75, 3.05) is 13.6 Å². The van der Waals surface area contributed by atoms with E-state index in [2.05, 4.69) is 18.8 Å². The highest BCUT2D eigenvalue weighted by atomic mass is 16.2. The minimum atomic E-state index is 0.0583. The maximum absolute atomic E-state index is 12.4. The Morgan fingerprint density at radius 1 is 1.30 bits per heavy atom. The molecule has 0 radical (unpaired) electrons. The van der Waals surface area contributed by atoms with Gasteiger partial charge in [0.25, 0.3) is 0 Å². The average molecular weight is 277 g/mol. The fourth-order valence-corrected chi connectivity index (χ4v) is 2.40. The SMILES string of the molecule is CC(C)C[C@H](CN)CC(=O)N(C)C(C)c1ccncc1. The number of hydrogen-bond acceptors (Lipinski definition) is 3. The number of carbonyl (C=O) groups excluding carboxylic acids is 1. The average Bonchev–Trinajstić information content (AvgIpc) is 2.45. The monoisotopic (exact) mass is 277 g/mol. The van der Waals surface area contributed by atoms with E-state index in [1.807, 2.05) is 26.1 Å². The van der Waals surface area contributed by atoms with E-state index in [9.17, 15) is 4.79 Å². The van der Waals surface area contributed by atoms with E-state index in [4.69, 9.17) is 5.73 Å². The molecule has 1 amide bonds. The van der Waals surface area contributed by atoms with Crippen LogP contribution >= 0.6 is 0 Å². The van der Waals surface area contributed by atoms with Gasteiger partial charge in [0.1, 0.15) is 0 Å². The van der Waals surface area contributed by atoms with Gasteiger partial charge in [-0.1, -0.05) is 13.8 Å². The molecule has 0 aliphatic carbocycles. The Morgan fingerprint density at radius 2 is 1.90 bits per heavy atom. The van der Waals surface area contributed by atoms with Gasteiger partial charge in [-0.25, -0.2) is 0 Å². The lowest BCUT2D eigenvalue weighted by Crippen LogP contribution is -2.32. The van der Waals surface area contributed by atoms with Gasteiger partial charge in [-0.05, 0) is 49.4 Å². The van der Waals surface area contributed by atoms with Gasteiger partial charge >= 0.3 is 0 Å². The van der Waals surface area contributed by atoms with Crippen LogP contribution in [0.15, 0.2) is 24.5 Å². The minimum absolute atomic E-state index is 0.0583. The quantitative estimate of drug-likeness (QED) is 0.833. The van der Waals surface area contributed by atoms with Gasteiger partial charge in [-0.3, -0.25) is 9.78 Å². The third-order valence-electron chi connectivity index (χ3n) is 3.76. The van der Waals surface area contributed by atoms with Crippen molar-refractivity contribution in [3.05, 3.63) is 30.1 Å². The van der Waals surface area contributed by atoms with Crippen LogP contribution in [0.1, 0.15) is 45.2 Å². The van der Waals surface area contributed by atoms with E-state index >= 15 is 0 Å². The zero-order chi connectivity index (χ0) is 15.1. The lowest BCUT2D eigenvalue weighted by atomic mass is 9.93. The molecule has 0 aromatic carbocycles. The Balaban J connectivity index is 2.62. The van der Waals surface area contributed by atoms with Crippen molar-refractivity contribution < 1.29 is 4.79 Å². The molecule has 1 heterocycles. The summed E-state index contributed by atoms with van der Waals surface area (Å²) in [6.07, 6.45) is 5.04. The maximum atomic E-state index is 12.4. The van der Waals surface area contributed by atoms with E-state index in [-0.39, 0.29) is 17.9 Å². The van der Waals surface area contributed by atoms with E-state index < -0.39 is 0 Å². The van der Waals surface area contributed by atoms with Crippen LogP contribution in [0.3, 0.4) is 0 Å². The van der Waals surface area contributed by atoms with E-state index in [0.717, 1.165) is 12.0 Å². The molecular weight excluding hydrogens is 250 g/mol. The highest BCUT2D eigenvalue weighted by Gasteiger charge is 2.21. The Bertz CT molecular complexity index is 405. The van der Waals surface area contributed by atoms with E-state index in [0.29, 0.717) is 18.9 Å². The van der Waals surface area contributed by atoms with Gasteiger partial charge < -0.3 is 10.6 Å². The topological polar surface area (TPSA) is 59.2 Å². The standard InChI is InChI=1S/C16H27N3O/c1-12(2)9-14(11-17)10-16(20)19(4)13(3)15-5-7-18-8-6-15/h5-8,12-14H,9-11,17H2,1-4H3/t13?,14-/m0/s1. The molecule has 0 saturated heterocycles. The maximum Gasteiger partial charge on any atom is 0.223 e. The summed E-state index contributed by atoms with van der Waals surface area (Å²) in [4.78, 5) is 18.2. The first-order chi connectivity index (χ1) is 9.45. The van der Waals surface area contributed by atoms with Gasteiger partial charge in [-0.2, -0.15) is 0 Å². The predicted octanol–water partition coefficient (Wildman–Crippen LogP) is 2.61. The smallest absolute Gasteiger partial charge is 0.223 e. The van der Waals surface area contributed by atoms with Crippen molar-refractivity contribution in [2.24, 2.45) is 17.6 Å². The summed E-state index contributed by atoms with van der Waals surface area (Å²) in [5, 5.41) is 0. The van der Waals surface area contributed by atoms with Gasteiger partial charge in [0, 0.05) is 25.9 Å². The molecule has 0 spiro atoms. The summed E-state index contributed by atoms with van der Waals surface area (Å²) in [6, 6.07) is 3.95. The van der Waals surface area contributed by atoms with E-state index in [1.165, 1.54) is 0 Å². The lowest BCUT2D eigenvalue weighted by molar-refractivity contribution is -0.132. The first-order valence-electron chi connectivity index (χ1n) is 7.31. The second kappa shape index (κ2) is 8.00. The normalized spacial score (nSPS) is 14.1. The third kappa shape index (κ3) is 4.93. The number of hydrogen-bond donors (Lipinski definition) is 1. The molecule has 1 rings (SSSR count). The number of rotatable bonds is 7. The summed E-state index contributed by atoms with van der Waals surface area (Å²) in [7, 11) is 1.86. The summed E-state index contributed by atoms with van der Waals surface area (Å²) >= 11 is 0. The third-order valence-corrected chi connectivity index (χ3v) is 3.76. The fraction of sp³-hybridized carbons (Fsp3) is 0.625. The molecule has 0 aliphatic rings. The van der Waals surface area contributed by atoms with Crippen LogP contribution in [0.25, 0.3) is 0 Å². The Kier molecular flexibility index (Phi) is 6.65. The van der Waals surface area contributed by atoms with Gasteiger partial charge in [0.05, 0.1) is 6.04 Å². The second-order valence-corrected chi connectivity index (χ2v) is 5.90. The first kappa shape index (κ1) is 16.6. The van der Waals surface area contributed by atoms with Crippen molar-refractivity contribution in [1.82, 2.24) is 9.88 Å². The molecule has 112 valence electrons. The van der Waals surface area contributed by atoms with Crippen molar-refractivity contribution in [3.63, 3.8) is 0 Å². The highest BCUT2D eigenvalue weighted by molar-refractivity contribution is 5.76. The van der Waals surface area contributed by atoms with E-state index in [1.54, 1.807) is 17.3 Å². The van der Waals surface area contributed by atoms with Crippen molar-refractivity contribution in [2.45, 2.75) is 39.7 Å². The Labute approximate surface area is 122 Å². The van der Waals surface area contributed by atoms with Crippen molar-refractivity contribution >= 4 is 5.91 Å². The number of aromatic nitrogens is 1. The Morgan fingerprint density at radius 3 is 2.40 bits per heavy atom. The van der Waals surface area contributed by atoms with Crippen LogP contribution in [-0.4, -0.2) is 29.4 Å². The summed E-state index contributed by atoms with van der Waals surface area (Å²) in [6.45, 7) is 6.93. The molecule has 0 saturated carbocycles. The summed E-state index contributed by atoms with van der Waals surface area (Å²) in [5.41, 5.74) is 6.88. The van der Waals surface area contributed by atoms with Crippen LogP contribution in [0.4, 0.5) is 0 Å². The van der Waals surface area contributed by atoms with Crippen LogP contribution in [0.2, 0.25) is 0 Å². The number of pyridine rings is 1. The number of amides is 1. The van der Waals surface area contributed by atoms with Gasteiger partial charge in [0.15, 0.2) is 0 Å².